The van der Waals surface area contributed by atoms with Gasteiger partial charge in [-0.15, -0.1) is 0 Å². The summed E-state index contributed by atoms with van der Waals surface area (Å²) in [5, 5.41) is 7.25. The van der Waals surface area contributed by atoms with Gasteiger partial charge in [-0.1, -0.05) is 11.6 Å². The highest BCUT2D eigenvalue weighted by Gasteiger charge is 2.11. The predicted molar refractivity (Wildman–Crippen MR) is 64.7 cm³/mol. The lowest BCUT2D eigenvalue weighted by atomic mass is 10.1. The molecular weight excluding hydrogens is 226 g/mol. The normalized spacial score (nSPS) is 10.4. The lowest BCUT2D eigenvalue weighted by Gasteiger charge is -2.08. The Kier molecular flexibility index (Phi) is 2.75. The quantitative estimate of drug-likeness (QED) is 0.844. The smallest absolute Gasteiger partial charge is 0.145 e. The van der Waals surface area contributed by atoms with Crippen LogP contribution in [0.4, 0.5) is 5.82 Å². The summed E-state index contributed by atoms with van der Waals surface area (Å²) < 4.78 is 5.20. The molecule has 0 radical (unpaired) electrons. The van der Waals surface area contributed by atoms with Crippen LogP contribution < -0.4 is 10.5 Å². The number of nitrogens with zero attached hydrogens (tertiary/aromatic N) is 1. The predicted octanol–water partition coefficient (Wildman–Crippen LogP) is 2.63. The van der Waals surface area contributed by atoms with E-state index in [1.165, 1.54) is 0 Å². The number of hydrogen-bond acceptors (Lipinski definition) is 3. The number of hydrogen-bond donors (Lipinski definition) is 2. The van der Waals surface area contributed by atoms with Gasteiger partial charge in [0.25, 0.3) is 0 Å². The first kappa shape index (κ1) is 10.8. The third-order valence-electron chi connectivity index (χ3n) is 2.29. The molecule has 2 aromatic rings. The molecule has 16 heavy (non-hydrogen) atoms. The summed E-state index contributed by atoms with van der Waals surface area (Å²) >= 11 is 6.21. The Hall–Kier alpha value is -1.68. The highest BCUT2D eigenvalue weighted by atomic mass is 35.5. The van der Waals surface area contributed by atoms with Crippen molar-refractivity contribution in [2.24, 2.45) is 0 Å². The molecule has 0 atom stereocenters. The van der Waals surface area contributed by atoms with Gasteiger partial charge in [0, 0.05) is 11.6 Å². The Balaban J connectivity index is 2.60. The first-order valence-corrected chi connectivity index (χ1v) is 5.15. The van der Waals surface area contributed by atoms with E-state index in [0.29, 0.717) is 16.6 Å². The van der Waals surface area contributed by atoms with Gasteiger partial charge in [-0.3, -0.25) is 5.10 Å². The van der Waals surface area contributed by atoms with E-state index in [4.69, 9.17) is 22.1 Å². The van der Waals surface area contributed by atoms with Crippen LogP contribution in [0.25, 0.3) is 11.3 Å². The zero-order valence-electron chi connectivity index (χ0n) is 9.04. The number of nitrogen functional groups attached to an aromatic ring is 1. The number of aryl methyl sites for hydroxylation is 1. The summed E-state index contributed by atoms with van der Waals surface area (Å²) in [6, 6.07) is 5.57. The van der Waals surface area contributed by atoms with E-state index in [-0.39, 0.29) is 0 Å². The zero-order valence-corrected chi connectivity index (χ0v) is 9.80. The molecule has 0 bridgehead atoms. The summed E-state index contributed by atoms with van der Waals surface area (Å²) in [5.74, 6) is 1.08. The number of rotatable bonds is 2. The van der Waals surface area contributed by atoms with Gasteiger partial charge in [-0.25, -0.2) is 0 Å². The third-order valence-corrected chi connectivity index (χ3v) is 2.68. The number of aromatic amines is 1. The van der Waals surface area contributed by atoms with Crippen LogP contribution in [0, 0.1) is 6.92 Å². The summed E-state index contributed by atoms with van der Waals surface area (Å²) in [7, 11) is 1.59. The molecule has 0 spiro atoms. The largest absolute Gasteiger partial charge is 0.495 e. The van der Waals surface area contributed by atoms with Crippen LogP contribution in [0.3, 0.4) is 0 Å². The minimum Gasteiger partial charge on any atom is -0.495 e. The number of nitrogens with two attached hydrogens (primary N) is 1. The van der Waals surface area contributed by atoms with Crippen molar-refractivity contribution in [2.45, 2.75) is 6.92 Å². The second-order valence-electron chi connectivity index (χ2n) is 3.54. The van der Waals surface area contributed by atoms with E-state index in [0.717, 1.165) is 16.8 Å². The average Bonchev–Trinajstić information content (AvgIpc) is 2.67. The zero-order chi connectivity index (χ0) is 11.7. The van der Waals surface area contributed by atoms with E-state index in [2.05, 4.69) is 10.2 Å². The summed E-state index contributed by atoms with van der Waals surface area (Å²) in [5.41, 5.74) is 8.24. The molecule has 0 saturated heterocycles. The Labute approximate surface area is 98.4 Å². The second-order valence-corrected chi connectivity index (χ2v) is 3.91. The molecule has 1 aromatic carbocycles. The van der Waals surface area contributed by atoms with E-state index in [1.807, 2.05) is 19.1 Å². The average molecular weight is 238 g/mol. The molecule has 0 amide bonds. The van der Waals surface area contributed by atoms with Crippen molar-refractivity contribution in [3.63, 3.8) is 0 Å². The number of nitrogens with one attached hydrogen (secondary N) is 1. The number of halogens is 1. The summed E-state index contributed by atoms with van der Waals surface area (Å²) in [6.45, 7) is 1.97. The Morgan fingerprint density at radius 2 is 2.12 bits per heavy atom. The fourth-order valence-corrected chi connectivity index (χ4v) is 1.84. The van der Waals surface area contributed by atoms with Crippen molar-refractivity contribution < 1.29 is 4.74 Å². The lowest BCUT2D eigenvalue weighted by Crippen LogP contribution is -1.89. The maximum absolute atomic E-state index is 6.21. The molecule has 0 aliphatic carbocycles. The highest BCUT2D eigenvalue weighted by molar-refractivity contribution is 6.34. The van der Waals surface area contributed by atoms with E-state index in [1.54, 1.807) is 13.2 Å². The van der Waals surface area contributed by atoms with Crippen molar-refractivity contribution in [1.29, 1.82) is 0 Å². The molecule has 5 heteroatoms. The van der Waals surface area contributed by atoms with Crippen LogP contribution in [0.5, 0.6) is 5.75 Å². The van der Waals surface area contributed by atoms with Crippen molar-refractivity contribution in [3.8, 4) is 17.0 Å². The van der Waals surface area contributed by atoms with Gasteiger partial charge in [0.2, 0.25) is 0 Å². The highest BCUT2D eigenvalue weighted by Crippen LogP contribution is 2.35. The fraction of sp³-hybridized carbons (Fsp3) is 0.182. The molecule has 1 heterocycles. The van der Waals surface area contributed by atoms with Crippen LogP contribution in [-0.2, 0) is 0 Å². The van der Waals surface area contributed by atoms with Crippen LogP contribution in [0.2, 0.25) is 5.02 Å². The van der Waals surface area contributed by atoms with Crippen molar-refractivity contribution in [2.75, 3.05) is 12.8 Å². The molecular formula is C11H12ClN3O. The number of H-pyrrole nitrogens is 1. The molecule has 84 valence electrons. The van der Waals surface area contributed by atoms with Gasteiger partial charge in [0.1, 0.15) is 11.6 Å². The number of benzene rings is 1. The van der Waals surface area contributed by atoms with Gasteiger partial charge >= 0.3 is 0 Å². The molecule has 0 saturated carbocycles. The second kappa shape index (κ2) is 4.06. The molecule has 1 aromatic heterocycles. The standard InChI is InChI=1S/C11H12ClN3O/c1-6-3-7(8-5-10(13)15-14-8)11(12)9(4-6)16-2/h3-5H,1-2H3,(H3,13,14,15). The minimum absolute atomic E-state index is 0.437. The monoisotopic (exact) mass is 237 g/mol. The van der Waals surface area contributed by atoms with Gasteiger partial charge in [-0.2, -0.15) is 5.10 Å². The SMILES string of the molecule is COc1cc(C)cc(-c2cc(N)n[nH]2)c1Cl. The molecule has 3 N–H and O–H groups in total. The van der Waals surface area contributed by atoms with Crippen LogP contribution in [-0.4, -0.2) is 17.3 Å². The number of aromatic nitrogens is 2. The molecule has 0 aliphatic rings. The van der Waals surface area contributed by atoms with Gasteiger partial charge in [0.15, 0.2) is 0 Å². The third kappa shape index (κ3) is 1.84. The van der Waals surface area contributed by atoms with Gasteiger partial charge < -0.3 is 10.5 Å². The van der Waals surface area contributed by atoms with E-state index < -0.39 is 0 Å². The molecule has 0 fully saturated rings. The van der Waals surface area contributed by atoms with Gasteiger partial charge in [0.05, 0.1) is 17.8 Å². The Morgan fingerprint density at radius 1 is 1.38 bits per heavy atom. The number of ether oxygens (including phenoxy) is 1. The van der Waals surface area contributed by atoms with Crippen molar-refractivity contribution >= 4 is 17.4 Å². The van der Waals surface area contributed by atoms with Crippen molar-refractivity contribution in [3.05, 3.63) is 28.8 Å². The number of anilines is 1. The summed E-state index contributed by atoms with van der Waals surface area (Å²) in [4.78, 5) is 0. The molecule has 4 nitrogen and oxygen atoms in total. The first-order valence-electron chi connectivity index (χ1n) is 4.77. The Bertz CT molecular complexity index is 522. The van der Waals surface area contributed by atoms with Gasteiger partial charge in [-0.05, 0) is 24.6 Å². The molecule has 2 rings (SSSR count). The number of methoxy groups -OCH3 is 1. The lowest BCUT2D eigenvalue weighted by molar-refractivity contribution is 0.415. The van der Waals surface area contributed by atoms with Crippen LogP contribution in [0.1, 0.15) is 5.56 Å². The van der Waals surface area contributed by atoms with Crippen LogP contribution in [0.15, 0.2) is 18.2 Å². The molecule has 0 unspecified atom stereocenters. The maximum Gasteiger partial charge on any atom is 0.145 e. The van der Waals surface area contributed by atoms with Crippen LogP contribution >= 0.6 is 11.6 Å². The summed E-state index contributed by atoms with van der Waals surface area (Å²) in [6.07, 6.45) is 0. The van der Waals surface area contributed by atoms with Crippen molar-refractivity contribution in [1.82, 2.24) is 10.2 Å². The van der Waals surface area contributed by atoms with E-state index in [9.17, 15) is 0 Å². The Morgan fingerprint density at radius 3 is 2.69 bits per heavy atom. The first-order chi connectivity index (χ1) is 7.61. The minimum atomic E-state index is 0.437. The molecule has 0 aliphatic heterocycles. The maximum atomic E-state index is 6.21. The fourth-order valence-electron chi connectivity index (χ4n) is 1.56. The topological polar surface area (TPSA) is 63.9 Å². The van der Waals surface area contributed by atoms with E-state index >= 15 is 0 Å².